The molecule has 1 heterocycles. The monoisotopic (exact) mass is 337 g/mol. The van der Waals surface area contributed by atoms with E-state index in [4.69, 9.17) is 5.26 Å². The number of nitriles is 1. The zero-order chi connectivity index (χ0) is 17.4. The average molecular weight is 337 g/mol. The molecule has 0 bridgehead atoms. The van der Waals surface area contributed by atoms with E-state index in [9.17, 15) is 31.1 Å². The topological polar surface area (TPSA) is 78.8 Å². The van der Waals surface area contributed by atoms with Crippen molar-refractivity contribution in [3.63, 3.8) is 0 Å². The van der Waals surface area contributed by atoms with Crippen LogP contribution in [0.4, 0.5) is 26.3 Å². The summed E-state index contributed by atoms with van der Waals surface area (Å²) < 4.78 is 79.2. The van der Waals surface area contributed by atoms with Gasteiger partial charge in [0, 0.05) is 0 Å². The average Bonchev–Trinajstić information content (AvgIpc) is 2.46. The van der Waals surface area contributed by atoms with Crippen molar-refractivity contribution in [2.45, 2.75) is 18.5 Å². The summed E-state index contributed by atoms with van der Waals surface area (Å²) in [5, 5.41) is 8.70. The van der Waals surface area contributed by atoms with Gasteiger partial charge in [-0.15, -0.1) is 0 Å². The summed E-state index contributed by atoms with van der Waals surface area (Å²) in [6.07, 6.45) is -10.7. The van der Waals surface area contributed by atoms with Crippen molar-refractivity contribution in [1.29, 1.82) is 5.26 Å². The number of hydrogen-bond donors (Lipinski definition) is 1. The van der Waals surface area contributed by atoms with Crippen LogP contribution in [0.1, 0.15) is 5.56 Å². The van der Waals surface area contributed by atoms with Gasteiger partial charge in [-0.2, -0.15) is 22.8 Å². The van der Waals surface area contributed by atoms with Crippen LogP contribution in [-0.2, 0) is 0 Å². The Balaban J connectivity index is 2.57. The molecule has 1 aromatic heterocycles. The maximum atomic E-state index is 13.5. The lowest BCUT2D eigenvalue weighted by Crippen LogP contribution is -2.53. The predicted octanol–water partition coefficient (Wildman–Crippen LogP) is 2.67. The molecule has 1 aromatic carbocycles. The van der Waals surface area contributed by atoms with E-state index >= 15 is 0 Å². The first-order valence-corrected chi connectivity index (χ1v) is 5.75. The SMILES string of the molecule is N#Cc1ccc2[nH]c(=O)c(OC(F)(C(F)F)C(F)(F)F)nc2c1. The quantitative estimate of drug-likeness (QED) is 0.874. The largest absolute Gasteiger partial charge is 0.466 e. The van der Waals surface area contributed by atoms with Gasteiger partial charge in [0.1, 0.15) is 0 Å². The molecular formula is C12H5F6N3O2. The number of alkyl halides is 6. The number of aromatic amines is 1. The molecule has 1 unspecified atom stereocenters. The van der Waals surface area contributed by atoms with Gasteiger partial charge in [0.15, 0.2) is 0 Å². The minimum absolute atomic E-state index is 0.00476. The van der Waals surface area contributed by atoms with Crippen molar-refractivity contribution in [3.8, 4) is 11.9 Å². The molecule has 2 rings (SSSR count). The molecule has 0 aliphatic carbocycles. The van der Waals surface area contributed by atoms with Crippen LogP contribution in [0.3, 0.4) is 0 Å². The van der Waals surface area contributed by atoms with E-state index in [2.05, 4.69) is 9.72 Å². The second kappa shape index (κ2) is 5.45. The Hall–Kier alpha value is -2.77. The van der Waals surface area contributed by atoms with Gasteiger partial charge in [-0.05, 0) is 18.2 Å². The highest BCUT2D eigenvalue weighted by molar-refractivity contribution is 5.76. The van der Waals surface area contributed by atoms with Crippen molar-refractivity contribution in [1.82, 2.24) is 9.97 Å². The fourth-order valence-corrected chi connectivity index (χ4v) is 1.57. The number of halogens is 6. The van der Waals surface area contributed by atoms with Crippen LogP contribution in [-0.4, -0.2) is 28.4 Å². The number of hydrogen-bond acceptors (Lipinski definition) is 4. The number of rotatable bonds is 3. The lowest BCUT2D eigenvalue weighted by atomic mass is 10.2. The summed E-state index contributed by atoms with van der Waals surface area (Å²) in [5.74, 6) is -6.93. The van der Waals surface area contributed by atoms with Gasteiger partial charge in [0.25, 0.3) is 5.88 Å². The van der Waals surface area contributed by atoms with E-state index in [1.54, 1.807) is 6.07 Å². The fourth-order valence-electron chi connectivity index (χ4n) is 1.57. The Labute approximate surface area is 123 Å². The first kappa shape index (κ1) is 16.6. The standard InChI is InChI=1S/C12H5F6N3O2/c13-10(14)11(15,12(16,17)18)23-9-8(22)20-6-2-1-5(4-19)3-7(6)21-9/h1-3,10H,(H,20,22). The number of benzene rings is 1. The number of nitrogens with zero attached hydrogens (tertiary/aromatic N) is 2. The van der Waals surface area contributed by atoms with E-state index in [0.717, 1.165) is 6.07 Å². The van der Waals surface area contributed by atoms with E-state index < -0.39 is 29.9 Å². The number of H-pyrrole nitrogens is 1. The number of ether oxygens (including phenoxy) is 1. The zero-order valence-corrected chi connectivity index (χ0v) is 10.8. The Morgan fingerprint density at radius 2 is 1.91 bits per heavy atom. The molecule has 5 nitrogen and oxygen atoms in total. The van der Waals surface area contributed by atoms with Crippen molar-refractivity contribution >= 4 is 11.0 Å². The lowest BCUT2D eigenvalue weighted by Gasteiger charge is -2.26. The van der Waals surface area contributed by atoms with Crippen LogP contribution >= 0.6 is 0 Å². The van der Waals surface area contributed by atoms with Crippen molar-refractivity contribution in [2.24, 2.45) is 0 Å². The molecule has 23 heavy (non-hydrogen) atoms. The first-order chi connectivity index (χ1) is 10.6. The number of fused-ring (bicyclic) bond motifs is 1. The summed E-state index contributed by atoms with van der Waals surface area (Å²) in [4.78, 5) is 16.8. The second-order valence-corrected chi connectivity index (χ2v) is 4.26. The van der Waals surface area contributed by atoms with Gasteiger partial charge in [-0.25, -0.2) is 13.8 Å². The third-order valence-electron chi connectivity index (χ3n) is 2.70. The van der Waals surface area contributed by atoms with Crippen LogP contribution < -0.4 is 10.3 Å². The Kier molecular flexibility index (Phi) is 3.94. The van der Waals surface area contributed by atoms with Gasteiger partial charge in [-0.1, -0.05) is 0 Å². The van der Waals surface area contributed by atoms with Crippen LogP contribution in [0.15, 0.2) is 23.0 Å². The highest BCUT2D eigenvalue weighted by atomic mass is 19.4. The first-order valence-electron chi connectivity index (χ1n) is 5.75. The molecule has 0 amide bonds. The molecule has 11 heteroatoms. The van der Waals surface area contributed by atoms with Crippen LogP contribution in [0.5, 0.6) is 5.88 Å². The highest BCUT2D eigenvalue weighted by Crippen LogP contribution is 2.39. The van der Waals surface area contributed by atoms with E-state index in [-0.39, 0.29) is 16.6 Å². The summed E-state index contributed by atoms with van der Waals surface area (Å²) in [6, 6.07) is 5.23. The molecule has 0 aliphatic rings. The molecule has 0 saturated heterocycles. The Bertz CT molecular complexity index is 841. The summed E-state index contributed by atoms with van der Waals surface area (Å²) in [6.45, 7) is 0. The third kappa shape index (κ3) is 2.92. The van der Waals surface area contributed by atoms with Gasteiger partial charge in [0.05, 0.1) is 22.7 Å². The lowest BCUT2D eigenvalue weighted by molar-refractivity contribution is -0.341. The van der Waals surface area contributed by atoms with Crippen molar-refractivity contribution in [2.75, 3.05) is 0 Å². The van der Waals surface area contributed by atoms with Crippen LogP contribution in [0.25, 0.3) is 11.0 Å². The Morgan fingerprint density at radius 1 is 1.26 bits per heavy atom. The minimum Gasteiger partial charge on any atom is -0.424 e. The summed E-state index contributed by atoms with van der Waals surface area (Å²) in [5.41, 5.74) is -1.65. The molecule has 0 fully saturated rings. The zero-order valence-electron chi connectivity index (χ0n) is 10.8. The highest BCUT2D eigenvalue weighted by Gasteiger charge is 2.66. The minimum atomic E-state index is -6.10. The molecule has 1 N–H and O–H groups in total. The van der Waals surface area contributed by atoms with Gasteiger partial charge >= 0.3 is 24.0 Å². The summed E-state index contributed by atoms with van der Waals surface area (Å²) in [7, 11) is 0. The maximum Gasteiger partial charge on any atom is 0.466 e. The molecule has 122 valence electrons. The molecule has 0 radical (unpaired) electrons. The van der Waals surface area contributed by atoms with Gasteiger partial charge in [-0.3, -0.25) is 4.79 Å². The van der Waals surface area contributed by atoms with Crippen LogP contribution in [0, 0.1) is 11.3 Å². The molecule has 0 saturated carbocycles. The molecule has 2 aromatic rings. The smallest absolute Gasteiger partial charge is 0.424 e. The van der Waals surface area contributed by atoms with Crippen LogP contribution in [0.2, 0.25) is 0 Å². The molecular weight excluding hydrogens is 332 g/mol. The molecule has 1 atom stereocenters. The van der Waals surface area contributed by atoms with Gasteiger partial charge in [0.2, 0.25) is 0 Å². The maximum absolute atomic E-state index is 13.5. The van der Waals surface area contributed by atoms with Crippen molar-refractivity contribution in [3.05, 3.63) is 34.1 Å². The number of aromatic nitrogens is 2. The van der Waals surface area contributed by atoms with Gasteiger partial charge < -0.3 is 9.72 Å². The van der Waals surface area contributed by atoms with E-state index in [0.29, 0.717) is 0 Å². The molecule has 0 spiro atoms. The Morgan fingerprint density at radius 3 is 2.43 bits per heavy atom. The van der Waals surface area contributed by atoms with E-state index in [1.165, 1.54) is 12.1 Å². The van der Waals surface area contributed by atoms with E-state index in [1.807, 2.05) is 4.98 Å². The molecule has 0 aliphatic heterocycles. The normalized spacial score (nSPS) is 14.5. The second-order valence-electron chi connectivity index (χ2n) is 4.26. The third-order valence-corrected chi connectivity index (χ3v) is 2.70. The number of nitrogens with one attached hydrogen (secondary N) is 1. The summed E-state index contributed by atoms with van der Waals surface area (Å²) >= 11 is 0. The fraction of sp³-hybridized carbons (Fsp3) is 0.250. The predicted molar refractivity (Wildman–Crippen MR) is 63.6 cm³/mol. The van der Waals surface area contributed by atoms with Crippen molar-refractivity contribution < 1.29 is 31.1 Å².